The van der Waals surface area contributed by atoms with Crippen molar-refractivity contribution >= 4 is 130 Å². The molecule has 23 rings (SSSR count). The smallest absolute Gasteiger partial charge is 0.276 e. The summed E-state index contributed by atoms with van der Waals surface area (Å²) in [5.74, 6) is 0.807. The molecule has 8 N–H and O–H groups in total. The van der Waals surface area contributed by atoms with Gasteiger partial charge in [-0.2, -0.15) is 20.4 Å². The summed E-state index contributed by atoms with van der Waals surface area (Å²) in [5, 5.41) is 43.2. The molecule has 0 radical (unpaired) electrons. The molecule has 0 unspecified atom stereocenters. The van der Waals surface area contributed by atoms with E-state index in [-0.39, 0.29) is 46.8 Å². The Kier molecular flexibility index (Phi) is 31.7. The minimum atomic E-state index is -0.347. The number of ether oxygens (including phenoxy) is 1. The van der Waals surface area contributed by atoms with Crippen LogP contribution in [0.1, 0.15) is 250 Å². The summed E-state index contributed by atoms with van der Waals surface area (Å²) < 4.78 is 5.46. The molecule has 760 valence electrons. The number of hydrogen-bond donors (Lipinski definition) is 8. The molecule has 12 aromatic heterocycles. The number of ketones is 4. The van der Waals surface area contributed by atoms with Gasteiger partial charge in [0.1, 0.15) is 22.8 Å². The summed E-state index contributed by atoms with van der Waals surface area (Å²) in [4.78, 5) is 147. The molecule has 3 saturated heterocycles. The Morgan fingerprint density at radius 2 is 0.564 bits per heavy atom. The van der Waals surface area contributed by atoms with Gasteiger partial charge >= 0.3 is 0 Å². The second-order valence-electron chi connectivity index (χ2n) is 40.4. The first kappa shape index (κ1) is 100. The fraction of sp³-hybridized carbons (Fsp3) is 0.345. The van der Waals surface area contributed by atoms with Gasteiger partial charge in [0.2, 0.25) is 0 Å². The van der Waals surface area contributed by atoms with Gasteiger partial charge in [0.15, 0.2) is 45.9 Å². The number of rotatable bonds is 29. The van der Waals surface area contributed by atoms with E-state index in [0.717, 1.165) is 203 Å². The van der Waals surface area contributed by atoms with Gasteiger partial charge < -0.3 is 45.6 Å². The molecule has 0 spiro atoms. The van der Waals surface area contributed by atoms with Crippen molar-refractivity contribution in [3.8, 4) is 44.5 Å². The monoisotopic (exact) mass is 1990 g/mol. The van der Waals surface area contributed by atoms with Crippen LogP contribution in [0.25, 0.3) is 88.1 Å². The van der Waals surface area contributed by atoms with Gasteiger partial charge in [-0.15, -0.1) is 0 Å². The number of aromatic amines is 4. The first-order valence-corrected chi connectivity index (χ1v) is 52.3. The van der Waals surface area contributed by atoms with Crippen LogP contribution in [0.2, 0.25) is 0 Å². The van der Waals surface area contributed by atoms with E-state index in [9.17, 15) is 38.4 Å². The van der Waals surface area contributed by atoms with Crippen LogP contribution in [0.15, 0.2) is 220 Å². The summed E-state index contributed by atoms with van der Waals surface area (Å²) in [5.41, 5.74) is 20.4. The summed E-state index contributed by atoms with van der Waals surface area (Å²) in [7, 11) is 4.04. The third-order valence-electron chi connectivity index (χ3n) is 29.5. The van der Waals surface area contributed by atoms with Crippen LogP contribution in [-0.4, -0.2) is 199 Å². The third kappa shape index (κ3) is 24.9. The van der Waals surface area contributed by atoms with E-state index in [4.69, 9.17) is 4.74 Å². The SMILES string of the molecule is CN(C)Cc1cncc(-c2ccc3[nH]nc(C(=O)Nc4ccc(C(=O)CC5CCCC5)nc4)c3c2)c1.O=C(CC1CCCC1)c1ccc(NC(=O)c2n[nH]c3ccc(-c4cncc(N5CCCC5)c4)cc23)cn1.O=C(CC1CCCC1)c1ccc(NC(=O)c2n[nH]c3ccc(-c4cncc(N5CCCCC5)c4)cc23)cn1.O=C(CC1CCCC1)c1ccc(NC(=O)c2n[nH]c3ccc(-c4cncc(N5CCOCC5)c4)cc23)cn1. The molecule has 33 heteroatoms. The van der Waals surface area contributed by atoms with Crippen molar-refractivity contribution < 1.29 is 43.1 Å². The Labute approximate surface area is 862 Å². The number of amides is 4. The maximum absolute atomic E-state index is 13.1. The standard InChI is InChI=1S/C30H32N6O2.C29H30N6O3.C29H30N6O2.C28H30N6O2/c37-28(14-20-6-2-3-7-20)27-11-9-23(18-32-27)33-30(38)29-25-16-21(8-10-26(25)34-35-29)22-15-24(19-31-17-22)36-12-4-1-5-13-36;36-27(13-19-3-1-2-4-19)26-8-6-22(17-31-26)32-29(37)28-24-15-20(5-7-25(24)33-34-28)21-14-23(18-30-16-21)35-9-11-38-12-10-35;36-27(13-19-5-1-2-6-19)26-10-8-22(17-31-26)32-29(37)28-24-15-20(7-9-25(24)33-34-28)21-14-23(18-30-16-21)35-11-3-4-12-35;1-34(2)17-19-11-21(15-29-14-19)20-7-9-24-23(13-20)27(33-32-24)28(36)31-22-8-10-25(30-16-22)26(35)12-18-5-3-4-6-18/h8-11,15-20H,1-7,12-14H2,(H,33,38)(H,34,35);5-8,14-19H,1-4,9-13H2,(H,32,37)(H,33,34);7-10,14-19H,1-6,11-13H2,(H,32,37)(H,33,34);7-11,13-16,18H,3-6,12,17H2,1-2H3,(H,31,36)(H,32,33). The number of nitrogens with one attached hydrogen (secondary N) is 8. The number of pyridine rings is 8. The van der Waals surface area contributed by atoms with Crippen LogP contribution < -0.4 is 36.0 Å². The molecule has 0 bridgehead atoms. The average Bonchev–Trinajstić information content (AvgIpc) is 1.67. The zero-order chi connectivity index (χ0) is 102. The Morgan fingerprint density at radius 3 is 0.839 bits per heavy atom. The third-order valence-corrected chi connectivity index (χ3v) is 29.5. The summed E-state index contributed by atoms with van der Waals surface area (Å²) in [6.45, 7) is 8.10. The van der Waals surface area contributed by atoms with Gasteiger partial charge in [-0.1, -0.05) is 127 Å². The number of hydrogen-bond acceptors (Lipinski definition) is 25. The number of benzene rings is 4. The quantitative estimate of drug-likeness (QED) is 0.0202. The normalized spacial score (nSPS) is 15.6. The molecule has 33 nitrogen and oxygen atoms in total. The van der Waals surface area contributed by atoms with Crippen LogP contribution in [-0.2, 0) is 11.3 Å². The van der Waals surface area contributed by atoms with Crippen molar-refractivity contribution in [3.63, 3.8) is 0 Å². The lowest BCUT2D eigenvalue weighted by atomic mass is 9.99. The topological polar surface area (TPSA) is 425 Å². The van der Waals surface area contributed by atoms with E-state index < -0.39 is 0 Å². The zero-order valence-electron chi connectivity index (χ0n) is 84.0. The molecule has 4 amide bonds. The minimum absolute atomic E-state index is 0.0628. The highest BCUT2D eigenvalue weighted by Crippen LogP contribution is 2.39. The highest BCUT2D eigenvalue weighted by molar-refractivity contribution is 6.15. The van der Waals surface area contributed by atoms with Crippen LogP contribution in [0.5, 0.6) is 0 Å². The van der Waals surface area contributed by atoms with Crippen molar-refractivity contribution in [3.05, 3.63) is 271 Å². The Morgan fingerprint density at radius 1 is 0.295 bits per heavy atom. The van der Waals surface area contributed by atoms with Crippen LogP contribution >= 0.6 is 0 Å². The summed E-state index contributed by atoms with van der Waals surface area (Å²) in [6.07, 6.45) is 48.0. The molecule has 4 saturated carbocycles. The number of piperidine rings is 1. The first-order valence-electron chi connectivity index (χ1n) is 52.3. The molecule has 4 aliphatic carbocycles. The van der Waals surface area contributed by atoms with Gasteiger partial charge in [0, 0.05) is 146 Å². The minimum Gasteiger partial charge on any atom is -0.378 e. The Balaban J connectivity index is 0.000000120. The predicted octanol–water partition coefficient (Wildman–Crippen LogP) is 21.6. The van der Waals surface area contributed by atoms with E-state index in [1.54, 1.807) is 48.5 Å². The molecule has 16 aromatic rings. The van der Waals surface area contributed by atoms with Crippen molar-refractivity contribution in [1.29, 1.82) is 0 Å². The number of nitrogens with zero attached hydrogens (tertiary/aromatic N) is 16. The second-order valence-corrected chi connectivity index (χ2v) is 40.4. The van der Waals surface area contributed by atoms with Gasteiger partial charge in [0.25, 0.3) is 23.6 Å². The predicted molar refractivity (Wildman–Crippen MR) is 578 cm³/mol. The van der Waals surface area contributed by atoms with Crippen molar-refractivity contribution in [2.24, 2.45) is 23.7 Å². The average molecular weight is 2000 g/mol. The second kappa shape index (κ2) is 47.1. The van der Waals surface area contributed by atoms with Gasteiger partial charge in [-0.3, -0.25) is 98.6 Å². The van der Waals surface area contributed by atoms with E-state index in [0.29, 0.717) is 136 Å². The molecule has 7 fully saturated rings. The lowest BCUT2D eigenvalue weighted by molar-refractivity contribution is 0.0949. The number of carbonyl (C=O) groups excluding carboxylic acids is 8. The van der Waals surface area contributed by atoms with Crippen LogP contribution in [0, 0.1) is 23.7 Å². The maximum Gasteiger partial charge on any atom is 0.276 e. The van der Waals surface area contributed by atoms with Crippen molar-refractivity contribution in [2.75, 3.05) is 103 Å². The van der Waals surface area contributed by atoms with Gasteiger partial charge in [-0.25, -0.2) is 0 Å². The molecular weight excluding hydrogens is 1870 g/mol. The highest BCUT2D eigenvalue weighted by Gasteiger charge is 2.29. The zero-order valence-corrected chi connectivity index (χ0v) is 84.0. The van der Waals surface area contributed by atoms with E-state index >= 15 is 0 Å². The van der Waals surface area contributed by atoms with Gasteiger partial charge in [0.05, 0.1) is 118 Å². The summed E-state index contributed by atoms with van der Waals surface area (Å²) in [6, 6.07) is 45.8. The lowest BCUT2D eigenvalue weighted by Crippen LogP contribution is -2.36. The number of H-pyrrole nitrogens is 4. The fourth-order valence-electron chi connectivity index (χ4n) is 21.4. The molecule has 149 heavy (non-hydrogen) atoms. The Bertz CT molecular complexity index is 7260. The Hall–Kier alpha value is -16.2. The number of anilines is 7. The highest BCUT2D eigenvalue weighted by atomic mass is 16.5. The number of aromatic nitrogens is 16. The van der Waals surface area contributed by atoms with Crippen molar-refractivity contribution in [2.45, 2.75) is 167 Å². The number of carbonyl (C=O) groups is 8. The largest absolute Gasteiger partial charge is 0.378 e. The molecule has 7 aliphatic rings. The molecular formula is C116H122N24O9. The molecule has 0 atom stereocenters. The fourth-order valence-corrected chi connectivity index (χ4v) is 21.4. The number of Topliss-reactive ketones (excluding diaryl/α,β-unsaturated/α-hetero) is 4. The van der Waals surface area contributed by atoms with E-state index in [1.807, 2.05) is 136 Å². The van der Waals surface area contributed by atoms with Crippen LogP contribution in [0.3, 0.4) is 0 Å². The van der Waals surface area contributed by atoms with Gasteiger partial charge in [-0.05, 0) is 219 Å². The number of morpholine rings is 1. The number of fused-ring (bicyclic) bond motifs is 4. The molecule has 4 aromatic carbocycles. The first-order chi connectivity index (χ1) is 72.9. The van der Waals surface area contributed by atoms with Crippen LogP contribution in [0.4, 0.5) is 39.8 Å². The molecule has 3 aliphatic heterocycles. The van der Waals surface area contributed by atoms with E-state index in [2.05, 4.69) is 146 Å². The van der Waals surface area contributed by atoms with Crippen molar-refractivity contribution in [1.82, 2.24) is 85.6 Å². The van der Waals surface area contributed by atoms with E-state index in [1.165, 1.54) is 108 Å². The molecule has 15 heterocycles. The summed E-state index contributed by atoms with van der Waals surface area (Å²) >= 11 is 0. The lowest BCUT2D eigenvalue weighted by Gasteiger charge is -2.28. The maximum atomic E-state index is 13.1.